The van der Waals surface area contributed by atoms with E-state index < -0.39 is 0 Å². The molecule has 0 spiro atoms. The maximum absolute atomic E-state index is 5.29. The lowest BCUT2D eigenvalue weighted by Gasteiger charge is -2.32. The number of aromatic nitrogens is 2. The van der Waals surface area contributed by atoms with Crippen LogP contribution in [0.2, 0.25) is 0 Å². The van der Waals surface area contributed by atoms with E-state index in [1.165, 1.54) is 0 Å². The molecule has 0 bridgehead atoms. The van der Waals surface area contributed by atoms with Crippen LogP contribution in [0.4, 0.5) is 0 Å². The fourth-order valence-electron chi connectivity index (χ4n) is 2.04. The summed E-state index contributed by atoms with van der Waals surface area (Å²) in [7, 11) is 1.66. The highest BCUT2D eigenvalue weighted by Crippen LogP contribution is 2.25. The van der Waals surface area contributed by atoms with Crippen LogP contribution in [-0.4, -0.2) is 48.2 Å². The Kier molecular flexibility index (Phi) is 3.69. The van der Waals surface area contributed by atoms with Gasteiger partial charge >= 0.3 is 0 Å². The van der Waals surface area contributed by atoms with E-state index >= 15 is 0 Å². The van der Waals surface area contributed by atoms with E-state index in [-0.39, 0.29) is 6.04 Å². The lowest BCUT2D eigenvalue weighted by molar-refractivity contribution is 0.179. The second-order valence-corrected chi connectivity index (χ2v) is 3.94. The highest BCUT2D eigenvalue weighted by molar-refractivity contribution is 5.26. The van der Waals surface area contributed by atoms with Gasteiger partial charge in [0.2, 0.25) is 0 Å². The van der Waals surface area contributed by atoms with Crippen molar-refractivity contribution < 1.29 is 4.74 Å². The summed E-state index contributed by atoms with van der Waals surface area (Å²) in [5, 5.41) is 3.34. The Hall–Kier alpha value is -1.20. The first-order valence-electron chi connectivity index (χ1n) is 5.61. The van der Waals surface area contributed by atoms with Gasteiger partial charge in [0, 0.05) is 26.2 Å². The van der Waals surface area contributed by atoms with Crippen molar-refractivity contribution in [2.24, 2.45) is 0 Å². The van der Waals surface area contributed by atoms with Gasteiger partial charge in [-0.2, -0.15) is 0 Å². The van der Waals surface area contributed by atoms with Gasteiger partial charge in [-0.3, -0.25) is 4.90 Å². The van der Waals surface area contributed by atoms with Gasteiger partial charge in [0.1, 0.15) is 12.0 Å². The largest absolute Gasteiger partial charge is 0.493 e. The normalized spacial score (nSPS) is 19.4. The summed E-state index contributed by atoms with van der Waals surface area (Å²) in [6, 6.07) is 0.278. The molecule has 1 unspecified atom stereocenters. The zero-order valence-electron chi connectivity index (χ0n) is 9.81. The fourth-order valence-corrected chi connectivity index (χ4v) is 2.04. The average molecular weight is 222 g/mol. The summed E-state index contributed by atoms with van der Waals surface area (Å²) in [5.41, 5.74) is 0.972. The van der Waals surface area contributed by atoms with Crippen LogP contribution >= 0.6 is 0 Å². The van der Waals surface area contributed by atoms with Gasteiger partial charge < -0.3 is 10.1 Å². The predicted molar refractivity (Wildman–Crippen MR) is 61.4 cm³/mol. The summed E-state index contributed by atoms with van der Waals surface area (Å²) >= 11 is 0. The van der Waals surface area contributed by atoms with Gasteiger partial charge in [-0.15, -0.1) is 0 Å². The third-order valence-corrected chi connectivity index (χ3v) is 3.02. The Morgan fingerprint density at radius 3 is 2.88 bits per heavy atom. The van der Waals surface area contributed by atoms with Gasteiger partial charge in [0.25, 0.3) is 0 Å². The number of methoxy groups -OCH3 is 1. The van der Waals surface area contributed by atoms with Gasteiger partial charge in [-0.1, -0.05) is 0 Å². The molecule has 1 N–H and O–H groups in total. The van der Waals surface area contributed by atoms with Crippen molar-refractivity contribution in [2.45, 2.75) is 13.0 Å². The smallest absolute Gasteiger partial charge is 0.160 e. The third kappa shape index (κ3) is 2.31. The van der Waals surface area contributed by atoms with Crippen molar-refractivity contribution in [3.8, 4) is 5.75 Å². The molecule has 1 aliphatic heterocycles. The highest BCUT2D eigenvalue weighted by Gasteiger charge is 2.21. The number of hydrogen-bond donors (Lipinski definition) is 1. The minimum atomic E-state index is 0.278. The Balaban J connectivity index is 2.15. The molecule has 0 aliphatic carbocycles. The Labute approximate surface area is 95.8 Å². The fraction of sp³-hybridized carbons (Fsp3) is 0.636. The van der Waals surface area contributed by atoms with E-state index in [2.05, 4.69) is 27.1 Å². The van der Waals surface area contributed by atoms with Crippen LogP contribution in [0.5, 0.6) is 5.75 Å². The zero-order valence-corrected chi connectivity index (χ0v) is 9.81. The lowest BCUT2D eigenvalue weighted by Crippen LogP contribution is -2.44. The minimum absolute atomic E-state index is 0.278. The molecule has 1 atom stereocenters. The minimum Gasteiger partial charge on any atom is -0.493 e. The van der Waals surface area contributed by atoms with Crippen LogP contribution in [0, 0.1) is 0 Å². The van der Waals surface area contributed by atoms with Crippen molar-refractivity contribution in [1.29, 1.82) is 0 Å². The molecule has 0 radical (unpaired) electrons. The van der Waals surface area contributed by atoms with Gasteiger partial charge in [-0.05, 0) is 6.92 Å². The van der Waals surface area contributed by atoms with Crippen LogP contribution in [0.25, 0.3) is 0 Å². The summed E-state index contributed by atoms with van der Waals surface area (Å²) in [6.45, 7) is 6.34. The summed E-state index contributed by atoms with van der Waals surface area (Å²) < 4.78 is 5.29. The zero-order chi connectivity index (χ0) is 11.4. The highest BCUT2D eigenvalue weighted by atomic mass is 16.5. The molecular formula is C11H18N4O. The maximum Gasteiger partial charge on any atom is 0.160 e. The van der Waals surface area contributed by atoms with E-state index in [1.54, 1.807) is 19.6 Å². The van der Waals surface area contributed by atoms with E-state index in [0.717, 1.165) is 37.6 Å². The molecule has 0 aromatic carbocycles. The molecule has 88 valence electrons. The summed E-state index contributed by atoms with van der Waals surface area (Å²) in [5.74, 6) is 0.772. The molecule has 1 aliphatic rings. The number of piperazine rings is 1. The predicted octanol–water partition coefficient (Wildman–Crippen LogP) is 0.451. The van der Waals surface area contributed by atoms with Crippen LogP contribution in [0.15, 0.2) is 12.5 Å². The molecular weight excluding hydrogens is 204 g/mol. The third-order valence-electron chi connectivity index (χ3n) is 3.02. The molecule has 1 aromatic heterocycles. The molecule has 5 heteroatoms. The number of ether oxygens (including phenoxy) is 1. The first-order valence-corrected chi connectivity index (χ1v) is 5.61. The topological polar surface area (TPSA) is 50.3 Å². The van der Waals surface area contributed by atoms with Crippen molar-refractivity contribution in [3.63, 3.8) is 0 Å². The number of nitrogens with zero attached hydrogens (tertiary/aromatic N) is 3. The van der Waals surface area contributed by atoms with Crippen LogP contribution < -0.4 is 10.1 Å². The van der Waals surface area contributed by atoms with Crippen molar-refractivity contribution in [2.75, 3.05) is 33.3 Å². The molecule has 16 heavy (non-hydrogen) atoms. The molecule has 1 fully saturated rings. The van der Waals surface area contributed by atoms with Gasteiger partial charge in [0.15, 0.2) is 5.75 Å². The standard InChI is InChI=1S/C11H18N4O/c1-9(15-5-3-12-4-6-15)11-10(16-2)7-13-8-14-11/h7-9,12H,3-6H2,1-2H3. The Morgan fingerprint density at radius 2 is 2.19 bits per heavy atom. The van der Waals surface area contributed by atoms with Crippen LogP contribution in [0.1, 0.15) is 18.7 Å². The van der Waals surface area contributed by atoms with Crippen LogP contribution in [-0.2, 0) is 0 Å². The van der Waals surface area contributed by atoms with Crippen molar-refractivity contribution in [1.82, 2.24) is 20.2 Å². The molecule has 2 heterocycles. The summed E-state index contributed by atoms with van der Waals surface area (Å²) in [6.07, 6.45) is 3.30. The molecule has 1 aromatic rings. The quantitative estimate of drug-likeness (QED) is 0.804. The molecule has 1 saturated heterocycles. The maximum atomic E-state index is 5.29. The lowest BCUT2D eigenvalue weighted by atomic mass is 10.1. The van der Waals surface area contributed by atoms with E-state index in [4.69, 9.17) is 4.74 Å². The van der Waals surface area contributed by atoms with E-state index in [9.17, 15) is 0 Å². The summed E-state index contributed by atoms with van der Waals surface area (Å²) in [4.78, 5) is 10.7. The van der Waals surface area contributed by atoms with E-state index in [0.29, 0.717) is 0 Å². The molecule has 2 rings (SSSR count). The SMILES string of the molecule is COc1cncnc1C(C)N1CCNCC1. The number of rotatable bonds is 3. The van der Waals surface area contributed by atoms with Gasteiger partial charge in [0.05, 0.1) is 19.3 Å². The second kappa shape index (κ2) is 5.23. The molecule has 5 nitrogen and oxygen atoms in total. The average Bonchev–Trinajstić information content (AvgIpc) is 2.39. The second-order valence-electron chi connectivity index (χ2n) is 3.94. The van der Waals surface area contributed by atoms with Crippen molar-refractivity contribution >= 4 is 0 Å². The Morgan fingerprint density at radius 1 is 1.44 bits per heavy atom. The van der Waals surface area contributed by atoms with Crippen molar-refractivity contribution in [3.05, 3.63) is 18.2 Å². The van der Waals surface area contributed by atoms with E-state index in [1.807, 2.05) is 0 Å². The first kappa shape index (κ1) is 11.3. The molecule has 0 saturated carbocycles. The Bertz CT molecular complexity index is 339. The van der Waals surface area contributed by atoms with Gasteiger partial charge in [-0.25, -0.2) is 9.97 Å². The number of nitrogens with one attached hydrogen (secondary N) is 1. The monoisotopic (exact) mass is 222 g/mol. The molecule has 0 amide bonds. The first-order chi connectivity index (χ1) is 7.83. The van der Waals surface area contributed by atoms with Crippen LogP contribution in [0.3, 0.4) is 0 Å². The number of hydrogen-bond acceptors (Lipinski definition) is 5.